The molecular formula is C14H9ClFN3O2. The zero-order valence-electron chi connectivity index (χ0n) is 10.6. The molecule has 3 aromatic rings. The van der Waals surface area contributed by atoms with Gasteiger partial charge in [-0.15, -0.1) is 0 Å². The maximum absolute atomic E-state index is 13.5. The average molecular weight is 306 g/mol. The van der Waals surface area contributed by atoms with Crippen LogP contribution < -0.4 is 9.78 Å². The highest BCUT2D eigenvalue weighted by molar-refractivity contribution is 6.30. The monoisotopic (exact) mass is 305 g/mol. The summed E-state index contributed by atoms with van der Waals surface area (Å²) in [5.41, 5.74) is 1.46. The Morgan fingerprint density at radius 1 is 1.14 bits per heavy atom. The van der Waals surface area contributed by atoms with Crippen molar-refractivity contribution in [3.8, 4) is 22.9 Å². The Balaban J connectivity index is 1.75. The van der Waals surface area contributed by atoms with E-state index < -0.39 is 5.82 Å². The predicted molar refractivity (Wildman–Crippen MR) is 74.5 cm³/mol. The molecule has 0 amide bonds. The Morgan fingerprint density at radius 2 is 2.05 bits per heavy atom. The number of rotatable bonds is 4. The first-order valence-electron chi connectivity index (χ1n) is 5.98. The third kappa shape index (κ3) is 3.11. The lowest BCUT2D eigenvalue weighted by atomic mass is 10.2. The molecular weight excluding hydrogens is 297 g/mol. The summed E-state index contributed by atoms with van der Waals surface area (Å²) in [5.74, 6) is -0.494. The number of nitrogens with one attached hydrogen (secondary N) is 1. The van der Waals surface area contributed by atoms with Gasteiger partial charge < -0.3 is 0 Å². The van der Waals surface area contributed by atoms with Gasteiger partial charge in [-0.3, -0.25) is 14.9 Å². The number of pyridine rings is 1. The van der Waals surface area contributed by atoms with Gasteiger partial charge in [0.25, 0.3) is 5.88 Å². The molecule has 0 radical (unpaired) electrons. The summed E-state index contributed by atoms with van der Waals surface area (Å²) in [6.45, 7) is 0. The van der Waals surface area contributed by atoms with Crippen LogP contribution in [-0.4, -0.2) is 15.2 Å². The van der Waals surface area contributed by atoms with E-state index in [4.69, 9.17) is 21.4 Å². The number of H-pyrrole nitrogens is 1. The molecule has 0 bridgehead atoms. The molecule has 3 rings (SSSR count). The van der Waals surface area contributed by atoms with Crippen LogP contribution in [0, 0.1) is 5.82 Å². The topological polar surface area (TPSA) is 60.0 Å². The van der Waals surface area contributed by atoms with Gasteiger partial charge in [0, 0.05) is 22.8 Å². The van der Waals surface area contributed by atoms with Crippen LogP contribution in [0.5, 0.6) is 11.6 Å². The van der Waals surface area contributed by atoms with Crippen LogP contribution in [0.4, 0.5) is 4.39 Å². The van der Waals surface area contributed by atoms with Crippen molar-refractivity contribution in [3.63, 3.8) is 0 Å². The first-order valence-corrected chi connectivity index (χ1v) is 6.36. The number of aromatic nitrogens is 3. The maximum atomic E-state index is 13.5. The standard InChI is InChI=1S/C14H9ClFN3O2/c15-10-4-5-13(11(16)6-10)20-21-14-3-1-2-12(19-14)9-7-17-18-8-9/h1-8H,(H,17,18). The Labute approximate surface area is 124 Å². The van der Waals surface area contributed by atoms with Crippen LogP contribution in [0.3, 0.4) is 0 Å². The highest BCUT2D eigenvalue weighted by Crippen LogP contribution is 2.23. The number of halogens is 2. The van der Waals surface area contributed by atoms with Crippen molar-refractivity contribution in [2.75, 3.05) is 0 Å². The first-order chi connectivity index (χ1) is 10.2. The minimum atomic E-state index is -0.617. The third-order valence-electron chi connectivity index (χ3n) is 2.63. The Hall–Kier alpha value is -2.60. The van der Waals surface area contributed by atoms with Crippen molar-refractivity contribution < 1.29 is 14.2 Å². The van der Waals surface area contributed by atoms with Crippen LogP contribution >= 0.6 is 11.6 Å². The SMILES string of the molecule is Fc1cc(Cl)ccc1OOc1cccc(-c2cn[nH]c2)n1. The van der Waals surface area contributed by atoms with Crippen LogP contribution in [0.1, 0.15) is 0 Å². The lowest BCUT2D eigenvalue weighted by molar-refractivity contribution is -0.107. The van der Waals surface area contributed by atoms with E-state index in [1.807, 2.05) is 0 Å². The number of hydrogen-bond acceptors (Lipinski definition) is 4. The summed E-state index contributed by atoms with van der Waals surface area (Å²) in [7, 11) is 0. The normalized spacial score (nSPS) is 10.4. The Morgan fingerprint density at radius 3 is 2.81 bits per heavy atom. The van der Waals surface area contributed by atoms with Crippen LogP contribution in [0.15, 0.2) is 48.8 Å². The molecule has 1 N–H and O–H groups in total. The summed E-state index contributed by atoms with van der Waals surface area (Å²) in [5, 5.41) is 6.81. The highest BCUT2D eigenvalue weighted by Gasteiger charge is 2.08. The van der Waals surface area contributed by atoms with Gasteiger partial charge in [-0.2, -0.15) is 5.10 Å². The van der Waals surface area contributed by atoms with Crippen molar-refractivity contribution in [2.24, 2.45) is 0 Å². The molecule has 2 aromatic heterocycles. The number of aromatic amines is 1. The van der Waals surface area contributed by atoms with Crippen molar-refractivity contribution >= 4 is 11.6 Å². The minimum Gasteiger partial charge on any atom is -0.285 e. The van der Waals surface area contributed by atoms with Crippen molar-refractivity contribution in [1.29, 1.82) is 0 Å². The maximum Gasteiger partial charge on any atom is 0.270 e. The van der Waals surface area contributed by atoms with Gasteiger partial charge in [-0.05, 0) is 24.3 Å². The molecule has 0 fully saturated rings. The molecule has 7 heteroatoms. The lowest BCUT2D eigenvalue weighted by Gasteiger charge is -2.06. The van der Waals surface area contributed by atoms with Gasteiger partial charge in [-0.25, -0.2) is 9.37 Å². The fourth-order valence-corrected chi connectivity index (χ4v) is 1.80. The second-order valence-corrected chi connectivity index (χ2v) is 4.53. The molecule has 0 saturated heterocycles. The Kier molecular flexibility index (Phi) is 3.70. The zero-order valence-corrected chi connectivity index (χ0v) is 11.3. The molecule has 2 heterocycles. The van der Waals surface area contributed by atoms with Gasteiger partial charge in [0.2, 0.25) is 5.75 Å². The fourth-order valence-electron chi connectivity index (χ4n) is 1.64. The second-order valence-electron chi connectivity index (χ2n) is 4.09. The van der Waals surface area contributed by atoms with E-state index in [2.05, 4.69) is 15.2 Å². The summed E-state index contributed by atoms with van der Waals surface area (Å²) < 4.78 is 13.5. The van der Waals surface area contributed by atoms with Gasteiger partial charge in [0.05, 0.1) is 11.9 Å². The van der Waals surface area contributed by atoms with Gasteiger partial charge in [0.15, 0.2) is 5.82 Å². The zero-order chi connectivity index (χ0) is 14.7. The highest BCUT2D eigenvalue weighted by atomic mass is 35.5. The summed E-state index contributed by atoms with van der Waals surface area (Å²) in [6, 6.07) is 9.13. The van der Waals surface area contributed by atoms with Crippen molar-refractivity contribution in [3.05, 3.63) is 59.6 Å². The summed E-state index contributed by atoms with van der Waals surface area (Å²) >= 11 is 5.65. The molecule has 0 aliphatic rings. The number of hydrogen-bond donors (Lipinski definition) is 1. The predicted octanol–water partition coefficient (Wildman–Crippen LogP) is 3.64. The van der Waals surface area contributed by atoms with E-state index in [0.29, 0.717) is 5.69 Å². The molecule has 106 valence electrons. The molecule has 0 aliphatic heterocycles. The van der Waals surface area contributed by atoms with Crippen molar-refractivity contribution in [1.82, 2.24) is 15.2 Å². The van der Waals surface area contributed by atoms with E-state index in [9.17, 15) is 4.39 Å². The second kappa shape index (κ2) is 5.80. The Bertz CT molecular complexity index is 750. The summed E-state index contributed by atoms with van der Waals surface area (Å²) in [6.07, 6.45) is 3.33. The van der Waals surface area contributed by atoms with Crippen LogP contribution in [-0.2, 0) is 0 Å². The number of nitrogens with zero attached hydrogens (tertiary/aromatic N) is 2. The molecule has 0 atom stereocenters. The molecule has 0 aliphatic carbocycles. The van der Waals surface area contributed by atoms with Gasteiger partial charge in [-0.1, -0.05) is 17.7 Å². The third-order valence-corrected chi connectivity index (χ3v) is 2.86. The summed E-state index contributed by atoms with van der Waals surface area (Å²) in [4.78, 5) is 14.2. The quantitative estimate of drug-likeness (QED) is 0.590. The van der Waals surface area contributed by atoms with E-state index in [-0.39, 0.29) is 16.7 Å². The molecule has 0 unspecified atom stereocenters. The molecule has 21 heavy (non-hydrogen) atoms. The number of benzene rings is 1. The van der Waals surface area contributed by atoms with E-state index in [1.165, 1.54) is 12.1 Å². The lowest BCUT2D eigenvalue weighted by Crippen LogP contribution is -2.03. The van der Waals surface area contributed by atoms with Gasteiger partial charge in [0.1, 0.15) is 0 Å². The van der Waals surface area contributed by atoms with E-state index in [0.717, 1.165) is 11.6 Å². The molecule has 0 saturated carbocycles. The largest absolute Gasteiger partial charge is 0.285 e. The van der Waals surface area contributed by atoms with E-state index in [1.54, 1.807) is 30.6 Å². The van der Waals surface area contributed by atoms with Gasteiger partial charge >= 0.3 is 0 Å². The molecule has 0 spiro atoms. The smallest absolute Gasteiger partial charge is 0.270 e. The first kappa shape index (κ1) is 13.4. The average Bonchev–Trinajstić information content (AvgIpc) is 3.01. The van der Waals surface area contributed by atoms with Crippen LogP contribution in [0.25, 0.3) is 11.3 Å². The van der Waals surface area contributed by atoms with Crippen molar-refractivity contribution in [2.45, 2.75) is 0 Å². The fraction of sp³-hybridized carbons (Fsp3) is 0. The van der Waals surface area contributed by atoms with E-state index >= 15 is 0 Å². The molecule has 1 aromatic carbocycles. The minimum absolute atomic E-state index is 0.0742. The molecule has 5 nitrogen and oxygen atoms in total. The van der Waals surface area contributed by atoms with Crippen LogP contribution in [0.2, 0.25) is 5.02 Å².